The van der Waals surface area contributed by atoms with Crippen LogP contribution in [0, 0.1) is 0 Å². The van der Waals surface area contributed by atoms with E-state index in [1.807, 2.05) is 18.2 Å². The lowest BCUT2D eigenvalue weighted by molar-refractivity contribution is -0.133. The fraction of sp³-hybridized carbons (Fsp3) is 0.520. The summed E-state index contributed by atoms with van der Waals surface area (Å²) in [6.45, 7) is 2.49. The third-order valence-corrected chi connectivity index (χ3v) is 6.93. The summed E-state index contributed by atoms with van der Waals surface area (Å²) in [7, 11) is 1.64. The van der Waals surface area contributed by atoms with Crippen molar-refractivity contribution in [3.63, 3.8) is 0 Å². The number of carbonyl (C=O) groups excluding carboxylic acids is 3. The smallest absolute Gasteiger partial charge is 0.272 e. The summed E-state index contributed by atoms with van der Waals surface area (Å²) in [5.41, 5.74) is 0.693. The van der Waals surface area contributed by atoms with Crippen molar-refractivity contribution >= 4 is 17.7 Å². The molecule has 1 aliphatic carbocycles. The predicted molar refractivity (Wildman–Crippen MR) is 125 cm³/mol. The van der Waals surface area contributed by atoms with Gasteiger partial charge in [0.15, 0.2) is 5.69 Å². The zero-order valence-corrected chi connectivity index (χ0v) is 19.5. The Labute approximate surface area is 194 Å². The Hall–Kier alpha value is -3.16. The van der Waals surface area contributed by atoms with Crippen LogP contribution in [0.3, 0.4) is 0 Å². The molecule has 0 radical (unpaired) electrons. The van der Waals surface area contributed by atoms with Crippen LogP contribution in [0.1, 0.15) is 72.0 Å². The topological polar surface area (TPSA) is 96.3 Å². The van der Waals surface area contributed by atoms with E-state index in [9.17, 15) is 14.4 Å². The van der Waals surface area contributed by atoms with Gasteiger partial charge in [-0.1, -0.05) is 49.6 Å². The van der Waals surface area contributed by atoms with Crippen LogP contribution in [-0.2, 0) is 17.8 Å². The highest BCUT2D eigenvalue weighted by molar-refractivity contribution is 6.01. The van der Waals surface area contributed by atoms with Gasteiger partial charge in [0.05, 0.1) is 6.54 Å². The maximum atomic E-state index is 13.2. The van der Waals surface area contributed by atoms with Crippen LogP contribution in [0.5, 0.6) is 0 Å². The summed E-state index contributed by atoms with van der Waals surface area (Å²) >= 11 is 0. The van der Waals surface area contributed by atoms with Gasteiger partial charge in [0.25, 0.3) is 11.8 Å². The van der Waals surface area contributed by atoms with E-state index in [1.165, 1.54) is 27.6 Å². The lowest BCUT2D eigenvalue weighted by Crippen LogP contribution is -2.63. The molecule has 1 saturated carbocycles. The SMILES string of the molecule is CN1C(=O)c2cc(C(=O)NCCCc3ccccc3)nn2CC1(C)C(=O)NC1CCCCC1. The van der Waals surface area contributed by atoms with Gasteiger partial charge in [0, 0.05) is 25.7 Å². The molecule has 33 heavy (non-hydrogen) atoms. The second kappa shape index (κ2) is 9.77. The minimum atomic E-state index is -1.06. The Morgan fingerprint density at radius 3 is 2.61 bits per heavy atom. The van der Waals surface area contributed by atoms with Crippen molar-refractivity contribution in [1.29, 1.82) is 0 Å². The molecule has 1 unspecified atom stereocenters. The van der Waals surface area contributed by atoms with Crippen LogP contribution in [0.15, 0.2) is 36.4 Å². The summed E-state index contributed by atoms with van der Waals surface area (Å²) in [6.07, 6.45) is 7.06. The van der Waals surface area contributed by atoms with Gasteiger partial charge in [-0.15, -0.1) is 0 Å². The molecule has 2 aliphatic rings. The number of aromatic nitrogens is 2. The number of hydrogen-bond donors (Lipinski definition) is 2. The first-order valence-corrected chi connectivity index (χ1v) is 11.9. The van der Waals surface area contributed by atoms with Gasteiger partial charge < -0.3 is 15.5 Å². The van der Waals surface area contributed by atoms with E-state index in [0.717, 1.165) is 38.5 Å². The molecule has 4 rings (SSSR count). The van der Waals surface area contributed by atoms with E-state index in [1.54, 1.807) is 14.0 Å². The molecule has 2 heterocycles. The van der Waals surface area contributed by atoms with Gasteiger partial charge in [-0.05, 0) is 38.2 Å². The predicted octanol–water partition coefficient (Wildman–Crippen LogP) is 2.54. The molecular weight excluding hydrogens is 418 g/mol. The minimum Gasteiger partial charge on any atom is -0.351 e. The number of aryl methyl sites for hydroxylation is 1. The quantitative estimate of drug-likeness (QED) is 0.633. The third kappa shape index (κ3) is 4.94. The number of benzene rings is 1. The molecule has 1 fully saturated rings. The van der Waals surface area contributed by atoms with E-state index < -0.39 is 5.54 Å². The number of hydrogen-bond acceptors (Lipinski definition) is 4. The zero-order valence-electron chi connectivity index (χ0n) is 19.5. The molecule has 0 spiro atoms. The minimum absolute atomic E-state index is 0.155. The van der Waals surface area contributed by atoms with Gasteiger partial charge in [-0.2, -0.15) is 5.10 Å². The van der Waals surface area contributed by atoms with E-state index in [0.29, 0.717) is 12.2 Å². The maximum absolute atomic E-state index is 13.2. The number of amides is 3. The number of nitrogens with one attached hydrogen (secondary N) is 2. The van der Waals surface area contributed by atoms with Crippen LogP contribution >= 0.6 is 0 Å². The highest BCUT2D eigenvalue weighted by Gasteiger charge is 2.46. The molecular formula is C25H33N5O3. The van der Waals surface area contributed by atoms with E-state index in [2.05, 4.69) is 27.9 Å². The van der Waals surface area contributed by atoms with Crippen LogP contribution in [0.25, 0.3) is 0 Å². The average Bonchev–Trinajstić information content (AvgIpc) is 3.25. The van der Waals surface area contributed by atoms with E-state index in [-0.39, 0.29) is 36.0 Å². The summed E-state index contributed by atoms with van der Waals surface area (Å²) < 4.78 is 1.50. The van der Waals surface area contributed by atoms with Crippen LogP contribution in [0.2, 0.25) is 0 Å². The zero-order chi connectivity index (χ0) is 23.4. The molecule has 8 nitrogen and oxygen atoms in total. The van der Waals surface area contributed by atoms with Crippen LogP contribution < -0.4 is 10.6 Å². The number of fused-ring (bicyclic) bond motifs is 1. The molecule has 2 aromatic rings. The Bertz CT molecular complexity index is 1010. The molecule has 0 saturated heterocycles. The number of likely N-dealkylation sites (N-methyl/N-ethyl adjacent to an activating group) is 1. The molecule has 176 valence electrons. The Balaban J connectivity index is 1.39. The first kappa shape index (κ1) is 23.0. The molecule has 2 N–H and O–H groups in total. The largest absolute Gasteiger partial charge is 0.351 e. The Morgan fingerprint density at radius 1 is 1.15 bits per heavy atom. The summed E-state index contributed by atoms with van der Waals surface area (Å²) in [5.74, 6) is -0.787. The first-order chi connectivity index (χ1) is 15.9. The normalized spacial score (nSPS) is 20.9. The highest BCUT2D eigenvalue weighted by atomic mass is 16.2. The van der Waals surface area contributed by atoms with Gasteiger partial charge in [-0.3, -0.25) is 19.1 Å². The van der Waals surface area contributed by atoms with Crippen molar-refractivity contribution in [2.75, 3.05) is 13.6 Å². The highest BCUT2D eigenvalue weighted by Crippen LogP contribution is 2.27. The molecule has 3 amide bonds. The van der Waals surface area contributed by atoms with Gasteiger partial charge in [0.2, 0.25) is 5.91 Å². The molecule has 1 aromatic carbocycles. The van der Waals surface area contributed by atoms with E-state index >= 15 is 0 Å². The second-order valence-electron chi connectivity index (χ2n) is 9.36. The Morgan fingerprint density at radius 2 is 1.88 bits per heavy atom. The summed E-state index contributed by atoms with van der Waals surface area (Å²) in [5, 5.41) is 10.4. The third-order valence-electron chi connectivity index (χ3n) is 6.93. The van der Waals surface area contributed by atoms with Crippen molar-refractivity contribution in [3.8, 4) is 0 Å². The van der Waals surface area contributed by atoms with Crippen molar-refractivity contribution < 1.29 is 14.4 Å². The lowest BCUT2D eigenvalue weighted by Gasteiger charge is -2.41. The summed E-state index contributed by atoms with van der Waals surface area (Å²) in [6, 6.07) is 11.8. The molecule has 0 bridgehead atoms. The fourth-order valence-corrected chi connectivity index (χ4v) is 4.66. The molecule has 1 aromatic heterocycles. The number of rotatable bonds is 7. The molecule has 1 atom stereocenters. The first-order valence-electron chi connectivity index (χ1n) is 11.9. The van der Waals surface area contributed by atoms with Gasteiger partial charge in [0.1, 0.15) is 11.2 Å². The maximum Gasteiger partial charge on any atom is 0.272 e. The number of nitrogens with zero attached hydrogens (tertiary/aromatic N) is 3. The van der Waals surface area contributed by atoms with E-state index in [4.69, 9.17) is 0 Å². The van der Waals surface area contributed by atoms with Gasteiger partial charge >= 0.3 is 0 Å². The van der Waals surface area contributed by atoms with Crippen molar-refractivity contribution in [3.05, 3.63) is 53.3 Å². The monoisotopic (exact) mass is 451 g/mol. The van der Waals surface area contributed by atoms with Crippen LogP contribution in [-0.4, -0.2) is 57.6 Å². The van der Waals surface area contributed by atoms with Crippen LogP contribution in [0.4, 0.5) is 0 Å². The lowest BCUT2D eigenvalue weighted by atomic mass is 9.92. The average molecular weight is 452 g/mol. The van der Waals surface area contributed by atoms with Gasteiger partial charge in [-0.25, -0.2) is 0 Å². The standard InChI is InChI=1S/C25H33N5O3/c1-25(24(33)27-19-13-7-4-8-14-19)17-30-21(23(32)29(25)2)16-20(28-30)22(31)26-15-9-12-18-10-5-3-6-11-18/h3,5-6,10-11,16,19H,4,7-9,12-15,17H2,1-2H3,(H,26,31)(H,27,33). The Kier molecular flexibility index (Phi) is 6.81. The van der Waals surface area contributed by atoms with Crippen molar-refractivity contribution in [2.24, 2.45) is 0 Å². The fourth-order valence-electron chi connectivity index (χ4n) is 4.66. The molecule has 8 heteroatoms. The second-order valence-corrected chi connectivity index (χ2v) is 9.36. The number of carbonyl (C=O) groups is 3. The summed E-state index contributed by atoms with van der Waals surface area (Å²) in [4.78, 5) is 40.3. The van der Waals surface area contributed by atoms with Crippen molar-refractivity contribution in [1.82, 2.24) is 25.3 Å². The van der Waals surface area contributed by atoms with Crippen molar-refractivity contribution in [2.45, 2.75) is 70.0 Å². The molecule has 1 aliphatic heterocycles.